The summed E-state index contributed by atoms with van der Waals surface area (Å²) in [4.78, 5) is 11.5. The van der Waals surface area contributed by atoms with Gasteiger partial charge in [-0.15, -0.1) is 0 Å². The van der Waals surface area contributed by atoms with Crippen molar-refractivity contribution >= 4 is 5.91 Å². The van der Waals surface area contributed by atoms with Crippen LogP contribution >= 0.6 is 0 Å². The second-order valence-corrected chi connectivity index (χ2v) is 5.06. The summed E-state index contributed by atoms with van der Waals surface area (Å²) in [6, 6.07) is 9.82. The third-order valence-corrected chi connectivity index (χ3v) is 2.96. The number of ether oxygens (including phenoxy) is 2. The highest BCUT2D eigenvalue weighted by atomic mass is 16.5. The highest BCUT2D eigenvalue weighted by Crippen LogP contribution is 2.24. The standard InChI is InChI=1S/C14H19NO3/c1-14(10-18-11-14)9-15-13(16)8-17-7-12-5-3-2-4-6-12/h2-6H,7-11H2,1H3,(H,15,16). The van der Waals surface area contributed by atoms with Crippen molar-refractivity contribution in [2.45, 2.75) is 13.5 Å². The molecule has 0 bridgehead atoms. The number of hydrogen-bond donors (Lipinski definition) is 1. The summed E-state index contributed by atoms with van der Waals surface area (Å²) in [5.41, 5.74) is 1.18. The Hall–Kier alpha value is -1.39. The van der Waals surface area contributed by atoms with Crippen LogP contribution in [0.2, 0.25) is 0 Å². The van der Waals surface area contributed by atoms with Crippen molar-refractivity contribution in [3.05, 3.63) is 35.9 Å². The summed E-state index contributed by atoms with van der Waals surface area (Å²) < 4.78 is 10.5. The zero-order chi connectivity index (χ0) is 12.8. The lowest BCUT2D eigenvalue weighted by atomic mass is 9.89. The molecule has 1 aliphatic heterocycles. The number of nitrogens with one attached hydrogen (secondary N) is 1. The summed E-state index contributed by atoms with van der Waals surface area (Å²) >= 11 is 0. The van der Waals surface area contributed by atoms with Crippen LogP contribution in [0, 0.1) is 5.41 Å². The van der Waals surface area contributed by atoms with Crippen LogP contribution in [0.4, 0.5) is 0 Å². The van der Waals surface area contributed by atoms with Crippen molar-refractivity contribution in [1.82, 2.24) is 5.32 Å². The van der Waals surface area contributed by atoms with Gasteiger partial charge in [-0.25, -0.2) is 0 Å². The number of hydrogen-bond acceptors (Lipinski definition) is 3. The maximum atomic E-state index is 11.5. The zero-order valence-electron chi connectivity index (χ0n) is 10.6. The molecule has 1 heterocycles. The molecule has 1 fully saturated rings. The Bertz CT molecular complexity index is 387. The van der Waals surface area contributed by atoms with Gasteiger partial charge in [0.25, 0.3) is 0 Å². The van der Waals surface area contributed by atoms with Gasteiger partial charge in [0.05, 0.1) is 19.8 Å². The molecule has 0 aromatic heterocycles. The van der Waals surface area contributed by atoms with Crippen molar-refractivity contribution in [3.8, 4) is 0 Å². The van der Waals surface area contributed by atoms with E-state index in [9.17, 15) is 4.79 Å². The summed E-state index contributed by atoms with van der Waals surface area (Å²) in [5.74, 6) is -0.0703. The Balaban J connectivity index is 1.60. The van der Waals surface area contributed by atoms with E-state index in [-0.39, 0.29) is 17.9 Å². The van der Waals surface area contributed by atoms with Crippen molar-refractivity contribution in [2.24, 2.45) is 5.41 Å². The minimum absolute atomic E-state index is 0.0703. The van der Waals surface area contributed by atoms with Crippen molar-refractivity contribution < 1.29 is 14.3 Å². The van der Waals surface area contributed by atoms with E-state index >= 15 is 0 Å². The second-order valence-electron chi connectivity index (χ2n) is 5.06. The maximum Gasteiger partial charge on any atom is 0.246 e. The summed E-state index contributed by atoms with van der Waals surface area (Å²) in [5, 5.41) is 2.87. The van der Waals surface area contributed by atoms with Crippen LogP contribution < -0.4 is 5.32 Å². The third kappa shape index (κ3) is 3.82. The van der Waals surface area contributed by atoms with E-state index in [1.165, 1.54) is 0 Å². The van der Waals surface area contributed by atoms with Crippen LogP contribution in [0.1, 0.15) is 12.5 Å². The van der Waals surface area contributed by atoms with Crippen LogP contribution in [0.3, 0.4) is 0 Å². The molecule has 0 radical (unpaired) electrons. The van der Waals surface area contributed by atoms with Crippen molar-refractivity contribution in [3.63, 3.8) is 0 Å². The third-order valence-electron chi connectivity index (χ3n) is 2.96. The van der Waals surface area contributed by atoms with Crippen LogP contribution in [0.25, 0.3) is 0 Å². The molecule has 0 atom stereocenters. The molecule has 18 heavy (non-hydrogen) atoms. The number of rotatable bonds is 6. The van der Waals surface area contributed by atoms with Gasteiger partial charge in [0.15, 0.2) is 0 Å². The Labute approximate surface area is 107 Å². The molecule has 98 valence electrons. The first-order valence-electron chi connectivity index (χ1n) is 6.14. The molecule has 0 spiro atoms. The molecule has 4 heteroatoms. The molecule has 1 aromatic carbocycles. The maximum absolute atomic E-state index is 11.5. The van der Waals surface area contributed by atoms with Gasteiger partial charge in [0, 0.05) is 12.0 Å². The smallest absolute Gasteiger partial charge is 0.246 e. The molecule has 4 nitrogen and oxygen atoms in total. The lowest BCUT2D eigenvalue weighted by molar-refractivity contribution is -0.131. The van der Waals surface area contributed by atoms with E-state index in [1.54, 1.807) is 0 Å². The van der Waals surface area contributed by atoms with Crippen LogP contribution in [0.5, 0.6) is 0 Å². The van der Waals surface area contributed by atoms with Gasteiger partial charge >= 0.3 is 0 Å². The van der Waals surface area contributed by atoms with Crippen LogP contribution in [0.15, 0.2) is 30.3 Å². The molecule has 1 saturated heterocycles. The highest BCUT2D eigenvalue weighted by molar-refractivity contribution is 5.77. The van der Waals surface area contributed by atoms with Gasteiger partial charge in [0.2, 0.25) is 5.91 Å². The fraction of sp³-hybridized carbons (Fsp3) is 0.500. The predicted octanol–water partition coefficient (Wildman–Crippen LogP) is 1.36. The normalized spacial score (nSPS) is 16.9. The minimum atomic E-state index is -0.0703. The first kappa shape index (κ1) is 13.1. The Kier molecular flexibility index (Phi) is 4.33. The predicted molar refractivity (Wildman–Crippen MR) is 68.0 cm³/mol. The van der Waals surface area contributed by atoms with E-state index in [0.717, 1.165) is 18.8 Å². The average Bonchev–Trinajstić information content (AvgIpc) is 2.35. The SMILES string of the molecule is CC1(CNC(=O)COCc2ccccc2)COC1. The summed E-state index contributed by atoms with van der Waals surface area (Å²) in [6.45, 7) is 4.76. The molecule has 1 aromatic rings. The van der Waals surface area contributed by atoms with Crippen LogP contribution in [-0.2, 0) is 20.9 Å². The average molecular weight is 249 g/mol. The number of benzene rings is 1. The first-order chi connectivity index (χ1) is 8.68. The topological polar surface area (TPSA) is 47.6 Å². The van der Waals surface area contributed by atoms with Crippen LogP contribution in [-0.4, -0.2) is 32.3 Å². The van der Waals surface area contributed by atoms with Crippen molar-refractivity contribution in [2.75, 3.05) is 26.4 Å². The second kappa shape index (κ2) is 5.98. The summed E-state index contributed by atoms with van der Waals surface area (Å²) in [7, 11) is 0. The van der Waals surface area contributed by atoms with Gasteiger partial charge in [-0.3, -0.25) is 4.79 Å². The molecule has 1 N–H and O–H groups in total. The van der Waals surface area contributed by atoms with Gasteiger partial charge in [0.1, 0.15) is 6.61 Å². The van der Waals surface area contributed by atoms with Gasteiger partial charge < -0.3 is 14.8 Å². The van der Waals surface area contributed by atoms with Gasteiger partial charge in [-0.1, -0.05) is 37.3 Å². The molecule has 1 amide bonds. The Morgan fingerprint density at radius 1 is 1.39 bits per heavy atom. The molecule has 1 aliphatic rings. The molecule has 0 unspecified atom stereocenters. The molecular formula is C14H19NO3. The Morgan fingerprint density at radius 3 is 2.72 bits per heavy atom. The first-order valence-corrected chi connectivity index (χ1v) is 6.14. The molecule has 2 rings (SSSR count). The van der Waals surface area contributed by atoms with E-state index in [0.29, 0.717) is 13.2 Å². The lowest BCUT2D eigenvalue weighted by Crippen LogP contribution is -2.49. The van der Waals surface area contributed by atoms with Gasteiger partial charge in [-0.05, 0) is 5.56 Å². The number of amides is 1. The zero-order valence-corrected chi connectivity index (χ0v) is 10.6. The van der Waals surface area contributed by atoms with E-state index in [4.69, 9.17) is 9.47 Å². The number of carbonyl (C=O) groups is 1. The molecular weight excluding hydrogens is 230 g/mol. The molecule has 0 saturated carbocycles. The monoisotopic (exact) mass is 249 g/mol. The number of carbonyl (C=O) groups excluding carboxylic acids is 1. The lowest BCUT2D eigenvalue weighted by Gasteiger charge is -2.37. The highest BCUT2D eigenvalue weighted by Gasteiger charge is 2.33. The summed E-state index contributed by atoms with van der Waals surface area (Å²) in [6.07, 6.45) is 0. The van der Waals surface area contributed by atoms with E-state index in [2.05, 4.69) is 12.2 Å². The largest absolute Gasteiger partial charge is 0.380 e. The fourth-order valence-electron chi connectivity index (χ4n) is 1.75. The minimum Gasteiger partial charge on any atom is -0.380 e. The fourth-order valence-corrected chi connectivity index (χ4v) is 1.75. The quantitative estimate of drug-likeness (QED) is 0.828. The van der Waals surface area contributed by atoms with E-state index in [1.807, 2.05) is 30.3 Å². The van der Waals surface area contributed by atoms with Crippen molar-refractivity contribution in [1.29, 1.82) is 0 Å². The molecule has 0 aliphatic carbocycles. The Morgan fingerprint density at radius 2 is 2.11 bits per heavy atom. The van der Waals surface area contributed by atoms with E-state index < -0.39 is 0 Å². The van der Waals surface area contributed by atoms with Gasteiger partial charge in [-0.2, -0.15) is 0 Å².